The smallest absolute Gasteiger partial charge is 0.409 e. The van der Waals surface area contributed by atoms with E-state index in [4.69, 9.17) is 14.2 Å². The number of methoxy groups -OCH3 is 1. The summed E-state index contributed by atoms with van der Waals surface area (Å²) in [6.45, 7) is 16.9. The molecule has 5 nitrogen and oxygen atoms in total. The summed E-state index contributed by atoms with van der Waals surface area (Å²) in [6, 6.07) is 0. The lowest BCUT2D eigenvalue weighted by atomic mass is 9.94. The highest BCUT2D eigenvalue weighted by Gasteiger charge is 2.25. The number of carbonyl (C=O) groups is 1. The Hall–Kier alpha value is -0.810. The third-order valence-electron chi connectivity index (χ3n) is 7.93. The van der Waals surface area contributed by atoms with Crippen molar-refractivity contribution >= 4 is 6.09 Å². The number of ether oxygens (including phenoxy) is 3. The normalized spacial score (nSPS) is 12.2. The Morgan fingerprint density at radius 3 is 1.22 bits per heavy atom. The summed E-state index contributed by atoms with van der Waals surface area (Å²) in [4.78, 5) is 15.1. The van der Waals surface area contributed by atoms with Gasteiger partial charge in [-0.15, -0.1) is 0 Å². The van der Waals surface area contributed by atoms with E-state index in [9.17, 15) is 4.79 Å². The predicted molar refractivity (Wildman–Crippen MR) is 177 cm³/mol. The fourth-order valence-electron chi connectivity index (χ4n) is 5.30. The number of amides is 1. The van der Waals surface area contributed by atoms with Gasteiger partial charge in [0.2, 0.25) is 0 Å². The van der Waals surface area contributed by atoms with Gasteiger partial charge in [0.1, 0.15) is 6.61 Å². The summed E-state index contributed by atoms with van der Waals surface area (Å²) in [5, 5.41) is 0. The summed E-state index contributed by atoms with van der Waals surface area (Å²) in [5.41, 5.74) is -0.249. The summed E-state index contributed by atoms with van der Waals surface area (Å²) in [7, 11) is 1.72. The molecule has 0 N–H and O–H groups in total. The van der Waals surface area contributed by atoms with Crippen molar-refractivity contribution in [1.29, 1.82) is 0 Å². The van der Waals surface area contributed by atoms with E-state index in [0.717, 1.165) is 25.9 Å². The van der Waals surface area contributed by atoms with Crippen molar-refractivity contribution in [3.05, 3.63) is 0 Å². The molecule has 0 heterocycles. The predicted octanol–water partition coefficient (Wildman–Crippen LogP) is 11.0. The molecular formula is C36H73NO4. The number of carbonyl (C=O) groups excluding carboxylic acids is 1. The molecule has 0 fully saturated rings. The molecule has 0 aromatic carbocycles. The highest BCUT2D eigenvalue weighted by Crippen LogP contribution is 2.21. The van der Waals surface area contributed by atoms with Crippen molar-refractivity contribution in [1.82, 2.24) is 4.90 Å². The molecule has 0 rings (SSSR count). The Morgan fingerprint density at radius 2 is 0.854 bits per heavy atom. The van der Waals surface area contributed by atoms with Gasteiger partial charge in [-0.25, -0.2) is 4.79 Å². The third kappa shape index (κ3) is 26.5. The first-order valence-electron chi connectivity index (χ1n) is 17.7. The van der Waals surface area contributed by atoms with Gasteiger partial charge in [-0.05, 0) is 12.8 Å². The first-order valence-corrected chi connectivity index (χ1v) is 17.7. The van der Waals surface area contributed by atoms with E-state index in [2.05, 4.69) is 41.5 Å². The highest BCUT2D eigenvalue weighted by molar-refractivity contribution is 5.67. The summed E-state index contributed by atoms with van der Waals surface area (Å²) in [6.07, 6.45) is 26.0. The van der Waals surface area contributed by atoms with Crippen LogP contribution in [0.1, 0.15) is 170 Å². The minimum absolute atomic E-state index is 0.0254. The molecule has 0 unspecified atom stereocenters. The van der Waals surface area contributed by atoms with Gasteiger partial charge in [0, 0.05) is 31.0 Å². The van der Waals surface area contributed by atoms with Crippen LogP contribution in [0.2, 0.25) is 0 Å². The van der Waals surface area contributed by atoms with Crippen molar-refractivity contribution < 1.29 is 19.0 Å². The van der Waals surface area contributed by atoms with Crippen LogP contribution in [0.4, 0.5) is 4.79 Å². The van der Waals surface area contributed by atoms with E-state index in [1.165, 1.54) is 116 Å². The molecule has 0 saturated carbocycles. The van der Waals surface area contributed by atoms with Gasteiger partial charge in [0.25, 0.3) is 0 Å². The van der Waals surface area contributed by atoms with Crippen LogP contribution < -0.4 is 0 Å². The fraction of sp³-hybridized carbons (Fsp3) is 0.972. The molecule has 5 heteroatoms. The lowest BCUT2D eigenvalue weighted by Gasteiger charge is -2.29. The van der Waals surface area contributed by atoms with E-state index in [0.29, 0.717) is 26.4 Å². The number of nitrogens with zero attached hydrogens (tertiary/aromatic N) is 1. The zero-order valence-electron chi connectivity index (χ0n) is 29.0. The Kier molecular flexibility index (Phi) is 26.3. The average molecular weight is 584 g/mol. The maximum atomic E-state index is 13.1. The number of unbranched alkanes of at least 4 members (excludes halogenated alkanes) is 18. The maximum absolute atomic E-state index is 13.1. The standard InChI is InChI=1S/C36H73NO4/c1-8-10-12-14-16-18-20-22-24-26-28-37(29-27-25-23-21-19-17-15-13-11-9-2)34(38)41-33-36(5,6)32-40-31-35(3,4)30-39-7/h8-33H2,1-7H3. The minimum atomic E-state index is -0.223. The zero-order chi connectivity index (χ0) is 30.7. The Labute approximate surface area is 257 Å². The molecule has 0 aliphatic rings. The van der Waals surface area contributed by atoms with Gasteiger partial charge < -0.3 is 19.1 Å². The van der Waals surface area contributed by atoms with Gasteiger partial charge in [0.15, 0.2) is 0 Å². The second-order valence-electron chi connectivity index (χ2n) is 14.2. The molecule has 0 aromatic rings. The topological polar surface area (TPSA) is 48.0 Å². The first-order chi connectivity index (χ1) is 19.7. The van der Waals surface area contributed by atoms with Crippen molar-refractivity contribution in [2.45, 2.75) is 170 Å². The first kappa shape index (κ1) is 40.2. The van der Waals surface area contributed by atoms with Crippen LogP contribution in [-0.4, -0.2) is 57.6 Å². The van der Waals surface area contributed by atoms with Crippen LogP contribution >= 0.6 is 0 Å². The Balaban J connectivity index is 4.46. The van der Waals surface area contributed by atoms with Crippen molar-refractivity contribution in [3.63, 3.8) is 0 Å². The molecular weight excluding hydrogens is 510 g/mol. The van der Waals surface area contributed by atoms with Crippen LogP contribution in [0.5, 0.6) is 0 Å². The monoisotopic (exact) mass is 584 g/mol. The SMILES string of the molecule is CCCCCCCCCCCCN(CCCCCCCCCCCC)C(=O)OCC(C)(C)COCC(C)(C)COC. The zero-order valence-corrected chi connectivity index (χ0v) is 29.0. The lowest BCUT2D eigenvalue weighted by Crippen LogP contribution is -2.37. The van der Waals surface area contributed by atoms with E-state index in [1.54, 1.807) is 7.11 Å². The van der Waals surface area contributed by atoms with Gasteiger partial charge in [0.05, 0.1) is 19.8 Å². The molecule has 0 bridgehead atoms. The van der Waals surface area contributed by atoms with Crippen molar-refractivity contribution in [3.8, 4) is 0 Å². The fourth-order valence-corrected chi connectivity index (χ4v) is 5.30. The largest absolute Gasteiger partial charge is 0.449 e. The van der Waals surface area contributed by atoms with Crippen LogP contribution in [0, 0.1) is 10.8 Å². The molecule has 0 aliphatic heterocycles. The molecule has 0 aliphatic carbocycles. The molecule has 1 amide bonds. The second-order valence-corrected chi connectivity index (χ2v) is 14.2. The van der Waals surface area contributed by atoms with Gasteiger partial charge >= 0.3 is 6.09 Å². The lowest BCUT2D eigenvalue weighted by molar-refractivity contribution is -0.0326. The average Bonchev–Trinajstić information content (AvgIpc) is 2.92. The molecule has 0 atom stereocenters. The van der Waals surface area contributed by atoms with E-state index >= 15 is 0 Å². The van der Waals surface area contributed by atoms with Crippen molar-refractivity contribution in [2.75, 3.05) is 46.6 Å². The van der Waals surface area contributed by atoms with Crippen LogP contribution in [0.3, 0.4) is 0 Å². The molecule has 0 spiro atoms. The van der Waals surface area contributed by atoms with Gasteiger partial charge in [-0.3, -0.25) is 0 Å². The minimum Gasteiger partial charge on any atom is -0.449 e. The second kappa shape index (κ2) is 26.8. The number of hydrogen-bond donors (Lipinski definition) is 0. The molecule has 0 radical (unpaired) electrons. The quantitative estimate of drug-likeness (QED) is 0.0789. The van der Waals surface area contributed by atoms with Crippen molar-refractivity contribution in [2.24, 2.45) is 10.8 Å². The Morgan fingerprint density at radius 1 is 0.512 bits per heavy atom. The third-order valence-corrected chi connectivity index (χ3v) is 7.93. The summed E-state index contributed by atoms with van der Waals surface area (Å²) < 4.78 is 17.2. The van der Waals surface area contributed by atoms with Crippen LogP contribution in [-0.2, 0) is 14.2 Å². The van der Waals surface area contributed by atoms with Crippen LogP contribution in [0.25, 0.3) is 0 Å². The highest BCUT2D eigenvalue weighted by atomic mass is 16.6. The van der Waals surface area contributed by atoms with Gasteiger partial charge in [-0.1, -0.05) is 157 Å². The summed E-state index contributed by atoms with van der Waals surface area (Å²) >= 11 is 0. The number of hydrogen-bond acceptors (Lipinski definition) is 4. The number of rotatable bonds is 30. The summed E-state index contributed by atoms with van der Waals surface area (Å²) in [5.74, 6) is 0. The molecule has 41 heavy (non-hydrogen) atoms. The maximum Gasteiger partial charge on any atom is 0.409 e. The van der Waals surface area contributed by atoms with Gasteiger partial charge in [-0.2, -0.15) is 0 Å². The Bertz CT molecular complexity index is 554. The van der Waals surface area contributed by atoms with E-state index in [-0.39, 0.29) is 16.9 Å². The van der Waals surface area contributed by atoms with E-state index in [1.807, 2.05) is 4.90 Å². The van der Waals surface area contributed by atoms with Crippen LogP contribution in [0.15, 0.2) is 0 Å². The van der Waals surface area contributed by atoms with E-state index < -0.39 is 0 Å². The molecule has 0 aromatic heterocycles. The molecule has 246 valence electrons. The molecule has 0 saturated heterocycles.